The van der Waals surface area contributed by atoms with Gasteiger partial charge >= 0.3 is 0 Å². The molecule has 90 valence electrons. The highest BCUT2D eigenvalue weighted by atomic mass is 16.3. The monoisotopic (exact) mass is 231 g/mol. The zero-order valence-electron chi connectivity index (χ0n) is 9.78. The van der Waals surface area contributed by atoms with Crippen molar-refractivity contribution in [2.45, 2.75) is 32.1 Å². The van der Waals surface area contributed by atoms with Gasteiger partial charge in [0.1, 0.15) is 5.75 Å². The number of anilines is 1. The quantitative estimate of drug-likeness (QED) is 0.785. The average molecular weight is 231 g/mol. The number of benzene rings is 1. The fourth-order valence-electron chi connectivity index (χ4n) is 2.06. The SMILES string of the molecule is O=C(CC1=CCCCC1)Nc1cccc(O)c1. The lowest BCUT2D eigenvalue weighted by Crippen LogP contribution is -2.12. The molecular formula is C14H17NO2. The zero-order chi connectivity index (χ0) is 12.1. The van der Waals surface area contributed by atoms with E-state index in [2.05, 4.69) is 11.4 Å². The van der Waals surface area contributed by atoms with Crippen LogP contribution < -0.4 is 5.32 Å². The molecule has 1 aliphatic carbocycles. The minimum Gasteiger partial charge on any atom is -0.508 e. The van der Waals surface area contributed by atoms with E-state index in [0.717, 1.165) is 12.8 Å². The zero-order valence-corrected chi connectivity index (χ0v) is 9.78. The molecule has 3 nitrogen and oxygen atoms in total. The highest BCUT2D eigenvalue weighted by molar-refractivity contribution is 5.92. The Balaban J connectivity index is 1.91. The number of allylic oxidation sites excluding steroid dienone is 1. The van der Waals surface area contributed by atoms with Gasteiger partial charge in [0.25, 0.3) is 0 Å². The number of carbonyl (C=O) groups excluding carboxylic acids is 1. The van der Waals surface area contributed by atoms with E-state index in [0.29, 0.717) is 12.1 Å². The molecule has 0 fully saturated rings. The molecule has 0 heterocycles. The summed E-state index contributed by atoms with van der Waals surface area (Å²) in [6, 6.07) is 6.62. The lowest BCUT2D eigenvalue weighted by molar-refractivity contribution is -0.115. The highest BCUT2D eigenvalue weighted by Crippen LogP contribution is 2.21. The van der Waals surface area contributed by atoms with Crippen molar-refractivity contribution in [2.75, 3.05) is 5.32 Å². The second-order valence-electron chi connectivity index (χ2n) is 4.38. The standard InChI is InChI=1S/C14H17NO2/c16-13-8-4-7-12(10-13)15-14(17)9-11-5-2-1-3-6-11/h4-5,7-8,10,16H,1-3,6,9H2,(H,15,17). The van der Waals surface area contributed by atoms with E-state index in [1.165, 1.54) is 18.4 Å². The molecule has 0 aromatic heterocycles. The Morgan fingerprint density at radius 1 is 1.35 bits per heavy atom. The first kappa shape index (κ1) is 11.7. The molecule has 2 N–H and O–H groups in total. The number of rotatable bonds is 3. The Morgan fingerprint density at radius 3 is 2.94 bits per heavy atom. The number of carbonyl (C=O) groups is 1. The van der Waals surface area contributed by atoms with Crippen molar-refractivity contribution in [3.63, 3.8) is 0 Å². The van der Waals surface area contributed by atoms with Crippen LogP contribution in [0.2, 0.25) is 0 Å². The molecule has 1 aromatic carbocycles. The van der Waals surface area contributed by atoms with E-state index in [4.69, 9.17) is 0 Å². The molecule has 2 rings (SSSR count). The maximum atomic E-state index is 11.8. The highest BCUT2D eigenvalue weighted by Gasteiger charge is 2.09. The molecule has 1 aromatic rings. The molecule has 0 saturated heterocycles. The lowest BCUT2D eigenvalue weighted by Gasteiger charge is -2.12. The molecule has 0 saturated carbocycles. The van der Waals surface area contributed by atoms with Gasteiger partial charge in [0.15, 0.2) is 0 Å². The lowest BCUT2D eigenvalue weighted by atomic mass is 9.97. The van der Waals surface area contributed by atoms with Crippen LogP contribution >= 0.6 is 0 Å². The Hall–Kier alpha value is -1.77. The van der Waals surface area contributed by atoms with E-state index in [1.807, 2.05) is 0 Å². The van der Waals surface area contributed by atoms with E-state index in [-0.39, 0.29) is 11.7 Å². The summed E-state index contributed by atoms with van der Waals surface area (Å²) < 4.78 is 0. The summed E-state index contributed by atoms with van der Waals surface area (Å²) in [5.41, 5.74) is 1.88. The van der Waals surface area contributed by atoms with Crippen molar-refractivity contribution in [3.05, 3.63) is 35.9 Å². The van der Waals surface area contributed by atoms with Crippen molar-refractivity contribution in [2.24, 2.45) is 0 Å². The summed E-state index contributed by atoms with van der Waals surface area (Å²) in [4.78, 5) is 11.8. The predicted molar refractivity (Wildman–Crippen MR) is 67.9 cm³/mol. The number of amides is 1. The smallest absolute Gasteiger partial charge is 0.228 e. The number of hydrogen-bond acceptors (Lipinski definition) is 2. The van der Waals surface area contributed by atoms with Gasteiger partial charge in [0.05, 0.1) is 0 Å². The van der Waals surface area contributed by atoms with Gasteiger partial charge in [-0.25, -0.2) is 0 Å². The van der Waals surface area contributed by atoms with Gasteiger partial charge in [-0.1, -0.05) is 17.7 Å². The largest absolute Gasteiger partial charge is 0.508 e. The van der Waals surface area contributed by atoms with Crippen LogP contribution in [0.5, 0.6) is 5.75 Å². The number of phenols is 1. The van der Waals surface area contributed by atoms with Crippen molar-refractivity contribution in [1.29, 1.82) is 0 Å². The number of nitrogens with one attached hydrogen (secondary N) is 1. The topological polar surface area (TPSA) is 49.3 Å². The third kappa shape index (κ3) is 3.63. The van der Waals surface area contributed by atoms with Gasteiger partial charge < -0.3 is 10.4 Å². The number of hydrogen-bond donors (Lipinski definition) is 2. The maximum Gasteiger partial charge on any atom is 0.228 e. The van der Waals surface area contributed by atoms with E-state index < -0.39 is 0 Å². The predicted octanol–water partition coefficient (Wildman–Crippen LogP) is 3.22. The molecule has 0 aliphatic heterocycles. The fourth-order valence-corrected chi connectivity index (χ4v) is 2.06. The van der Waals surface area contributed by atoms with Crippen LogP contribution in [0.1, 0.15) is 32.1 Å². The van der Waals surface area contributed by atoms with Crippen LogP contribution in [0.3, 0.4) is 0 Å². The molecule has 0 bridgehead atoms. The number of aromatic hydroxyl groups is 1. The summed E-state index contributed by atoms with van der Waals surface area (Å²) in [5, 5.41) is 12.1. The molecule has 3 heteroatoms. The van der Waals surface area contributed by atoms with Crippen molar-refractivity contribution < 1.29 is 9.90 Å². The van der Waals surface area contributed by atoms with E-state index >= 15 is 0 Å². The Bertz CT molecular complexity index is 438. The third-order valence-corrected chi connectivity index (χ3v) is 2.90. The van der Waals surface area contributed by atoms with Crippen LogP contribution in [-0.2, 0) is 4.79 Å². The third-order valence-electron chi connectivity index (χ3n) is 2.90. The van der Waals surface area contributed by atoms with E-state index in [9.17, 15) is 9.90 Å². The first-order valence-electron chi connectivity index (χ1n) is 6.01. The van der Waals surface area contributed by atoms with E-state index in [1.54, 1.807) is 24.3 Å². The molecule has 0 atom stereocenters. The molecule has 1 aliphatic rings. The molecule has 17 heavy (non-hydrogen) atoms. The van der Waals surface area contributed by atoms with Gasteiger partial charge in [-0.2, -0.15) is 0 Å². The Kier molecular flexibility index (Phi) is 3.81. The van der Waals surface area contributed by atoms with Gasteiger partial charge in [0.2, 0.25) is 5.91 Å². The van der Waals surface area contributed by atoms with Gasteiger partial charge in [-0.05, 0) is 37.8 Å². The number of phenolic OH excluding ortho intramolecular Hbond substituents is 1. The van der Waals surface area contributed by atoms with Crippen molar-refractivity contribution >= 4 is 11.6 Å². The average Bonchev–Trinajstić information content (AvgIpc) is 2.30. The molecule has 0 unspecified atom stereocenters. The van der Waals surface area contributed by atoms with Gasteiger partial charge in [-0.3, -0.25) is 4.79 Å². The summed E-state index contributed by atoms with van der Waals surface area (Å²) in [6.07, 6.45) is 7.19. The Labute approximate surface area is 101 Å². The summed E-state index contributed by atoms with van der Waals surface area (Å²) in [7, 11) is 0. The van der Waals surface area contributed by atoms with Crippen molar-refractivity contribution in [3.8, 4) is 5.75 Å². The molecule has 0 spiro atoms. The fraction of sp³-hybridized carbons (Fsp3) is 0.357. The minimum absolute atomic E-state index is 0.0104. The van der Waals surface area contributed by atoms with Crippen LogP contribution in [0.4, 0.5) is 5.69 Å². The van der Waals surface area contributed by atoms with Crippen LogP contribution in [0.25, 0.3) is 0 Å². The second kappa shape index (κ2) is 5.53. The van der Waals surface area contributed by atoms with Crippen molar-refractivity contribution in [1.82, 2.24) is 0 Å². The molecule has 0 radical (unpaired) electrons. The van der Waals surface area contributed by atoms with Crippen LogP contribution in [0.15, 0.2) is 35.9 Å². The maximum absolute atomic E-state index is 11.8. The van der Waals surface area contributed by atoms with Crippen LogP contribution in [0, 0.1) is 0 Å². The second-order valence-corrected chi connectivity index (χ2v) is 4.38. The summed E-state index contributed by atoms with van der Waals surface area (Å²) >= 11 is 0. The first-order chi connectivity index (χ1) is 8.24. The Morgan fingerprint density at radius 2 is 2.24 bits per heavy atom. The molecule has 1 amide bonds. The molecular weight excluding hydrogens is 214 g/mol. The first-order valence-corrected chi connectivity index (χ1v) is 6.01. The minimum atomic E-state index is -0.0104. The summed E-state index contributed by atoms with van der Waals surface area (Å²) in [5.74, 6) is 0.156. The van der Waals surface area contributed by atoms with Crippen LogP contribution in [-0.4, -0.2) is 11.0 Å². The van der Waals surface area contributed by atoms with Gasteiger partial charge in [-0.15, -0.1) is 0 Å². The normalized spacial score (nSPS) is 15.2. The summed E-state index contributed by atoms with van der Waals surface area (Å²) in [6.45, 7) is 0. The van der Waals surface area contributed by atoms with Gasteiger partial charge in [0, 0.05) is 18.2 Å².